The molecule has 6 heteroatoms. The Morgan fingerprint density at radius 1 is 1.09 bits per heavy atom. The lowest BCUT2D eigenvalue weighted by Gasteiger charge is -2.10. The molecule has 0 bridgehead atoms. The van der Waals surface area contributed by atoms with Crippen molar-refractivity contribution in [3.05, 3.63) is 53.3 Å². The van der Waals surface area contributed by atoms with Gasteiger partial charge >= 0.3 is 0 Å². The van der Waals surface area contributed by atoms with Gasteiger partial charge in [-0.1, -0.05) is 6.07 Å². The van der Waals surface area contributed by atoms with Crippen LogP contribution in [0.15, 0.2) is 30.3 Å². The van der Waals surface area contributed by atoms with Crippen LogP contribution in [0.4, 0.5) is 24.5 Å². The van der Waals surface area contributed by atoms with Gasteiger partial charge in [0.15, 0.2) is 17.5 Å². The minimum Gasteiger partial charge on any atom is -0.492 e. The van der Waals surface area contributed by atoms with E-state index in [9.17, 15) is 13.2 Å². The number of benzene rings is 2. The number of rotatable bonds is 7. The van der Waals surface area contributed by atoms with E-state index < -0.39 is 17.5 Å². The summed E-state index contributed by atoms with van der Waals surface area (Å²) in [7, 11) is 0. The first kappa shape index (κ1) is 17.0. The van der Waals surface area contributed by atoms with Crippen molar-refractivity contribution in [2.24, 2.45) is 0 Å². The van der Waals surface area contributed by atoms with Crippen molar-refractivity contribution in [3.63, 3.8) is 0 Å². The van der Waals surface area contributed by atoms with Gasteiger partial charge in [-0.3, -0.25) is 0 Å². The lowest BCUT2D eigenvalue weighted by atomic mass is 10.1. The van der Waals surface area contributed by atoms with Gasteiger partial charge in [-0.15, -0.1) is 0 Å². The summed E-state index contributed by atoms with van der Waals surface area (Å²) in [4.78, 5) is 0. The maximum absolute atomic E-state index is 13.5. The Hall–Kier alpha value is -2.37. The number of aryl methyl sites for hydroxylation is 1. The molecule has 124 valence electrons. The zero-order valence-electron chi connectivity index (χ0n) is 12.8. The van der Waals surface area contributed by atoms with Crippen molar-refractivity contribution in [2.75, 3.05) is 24.2 Å². The molecule has 0 amide bonds. The minimum atomic E-state index is -1.46. The molecule has 2 aromatic rings. The highest BCUT2D eigenvalue weighted by Crippen LogP contribution is 2.23. The fraction of sp³-hybridized carbons (Fsp3) is 0.294. The number of hydrogen-bond donors (Lipinski definition) is 2. The van der Waals surface area contributed by atoms with Crippen molar-refractivity contribution >= 4 is 11.4 Å². The zero-order chi connectivity index (χ0) is 16.8. The maximum atomic E-state index is 13.5. The highest BCUT2D eigenvalue weighted by atomic mass is 19.2. The van der Waals surface area contributed by atoms with Crippen LogP contribution in [0, 0.1) is 17.5 Å². The van der Waals surface area contributed by atoms with E-state index in [-0.39, 0.29) is 5.69 Å². The number of nitrogens with one attached hydrogen (secondary N) is 1. The molecule has 23 heavy (non-hydrogen) atoms. The average molecular weight is 324 g/mol. The molecule has 0 aromatic heterocycles. The quantitative estimate of drug-likeness (QED) is 0.457. The fourth-order valence-corrected chi connectivity index (χ4v) is 2.22. The van der Waals surface area contributed by atoms with Gasteiger partial charge in [0.05, 0.1) is 18.0 Å². The highest BCUT2D eigenvalue weighted by molar-refractivity contribution is 5.54. The molecular weight excluding hydrogens is 305 g/mol. The Morgan fingerprint density at radius 3 is 2.57 bits per heavy atom. The zero-order valence-corrected chi connectivity index (χ0v) is 12.8. The number of anilines is 2. The van der Waals surface area contributed by atoms with E-state index in [1.807, 2.05) is 25.1 Å². The molecule has 0 fully saturated rings. The Kier molecular flexibility index (Phi) is 5.73. The molecule has 2 aromatic carbocycles. The van der Waals surface area contributed by atoms with Crippen LogP contribution in [-0.4, -0.2) is 13.2 Å². The summed E-state index contributed by atoms with van der Waals surface area (Å²) < 4.78 is 44.8. The van der Waals surface area contributed by atoms with Gasteiger partial charge in [0.1, 0.15) is 5.75 Å². The Labute approximate surface area is 133 Å². The van der Waals surface area contributed by atoms with E-state index in [0.29, 0.717) is 31.0 Å². The van der Waals surface area contributed by atoms with Gasteiger partial charge in [-0.2, -0.15) is 0 Å². The van der Waals surface area contributed by atoms with E-state index in [1.165, 1.54) is 6.07 Å². The maximum Gasteiger partial charge on any atom is 0.196 e. The van der Waals surface area contributed by atoms with Gasteiger partial charge in [0.2, 0.25) is 0 Å². The predicted molar refractivity (Wildman–Crippen MR) is 85.2 cm³/mol. The smallest absolute Gasteiger partial charge is 0.196 e. The lowest BCUT2D eigenvalue weighted by molar-refractivity contribution is 0.342. The molecule has 0 saturated carbocycles. The third-order valence-corrected chi connectivity index (χ3v) is 3.37. The number of nitrogen functional groups attached to an aromatic ring is 1. The average Bonchev–Trinajstić information content (AvgIpc) is 2.54. The molecule has 2 rings (SSSR count). The van der Waals surface area contributed by atoms with E-state index >= 15 is 0 Å². The molecule has 0 saturated heterocycles. The van der Waals surface area contributed by atoms with Crippen LogP contribution in [0.1, 0.15) is 18.9 Å². The van der Waals surface area contributed by atoms with Crippen LogP contribution < -0.4 is 15.8 Å². The second-order valence-electron chi connectivity index (χ2n) is 5.06. The van der Waals surface area contributed by atoms with E-state index in [2.05, 4.69) is 5.32 Å². The van der Waals surface area contributed by atoms with Crippen molar-refractivity contribution < 1.29 is 17.9 Å². The van der Waals surface area contributed by atoms with Crippen LogP contribution in [0.3, 0.4) is 0 Å². The standard InChI is InChI=1S/C17H19F3N2O/c1-2-23-15-8-5-11(10-13(15)21)4-3-9-22-14-7-6-12(18)16(19)17(14)20/h5-8,10,22H,2-4,9,21H2,1H3. The van der Waals surface area contributed by atoms with Crippen molar-refractivity contribution in [2.45, 2.75) is 19.8 Å². The molecular formula is C17H19F3N2O. The number of halogens is 3. The van der Waals surface area contributed by atoms with Crippen molar-refractivity contribution in [3.8, 4) is 5.75 Å². The first-order valence-electron chi connectivity index (χ1n) is 7.41. The molecule has 0 radical (unpaired) electrons. The molecule has 0 aliphatic heterocycles. The molecule has 0 heterocycles. The van der Waals surface area contributed by atoms with E-state index in [0.717, 1.165) is 18.1 Å². The monoisotopic (exact) mass is 324 g/mol. The number of hydrogen-bond acceptors (Lipinski definition) is 3. The number of ether oxygens (including phenoxy) is 1. The Bertz CT molecular complexity index is 677. The van der Waals surface area contributed by atoms with Gasteiger partial charge in [0.25, 0.3) is 0 Å². The largest absolute Gasteiger partial charge is 0.492 e. The van der Waals surface area contributed by atoms with Crippen LogP contribution in [0.5, 0.6) is 5.75 Å². The first-order valence-corrected chi connectivity index (χ1v) is 7.41. The lowest BCUT2D eigenvalue weighted by Crippen LogP contribution is -2.06. The van der Waals surface area contributed by atoms with Gasteiger partial charge in [-0.05, 0) is 49.6 Å². The third-order valence-electron chi connectivity index (χ3n) is 3.37. The molecule has 0 unspecified atom stereocenters. The summed E-state index contributed by atoms with van der Waals surface area (Å²) in [5.41, 5.74) is 7.44. The molecule has 3 nitrogen and oxygen atoms in total. The van der Waals surface area contributed by atoms with Crippen LogP contribution in [0.25, 0.3) is 0 Å². The normalized spacial score (nSPS) is 10.6. The van der Waals surface area contributed by atoms with Crippen LogP contribution >= 0.6 is 0 Å². The summed E-state index contributed by atoms with van der Waals surface area (Å²) in [6.07, 6.45) is 1.40. The van der Waals surface area contributed by atoms with Crippen LogP contribution in [0.2, 0.25) is 0 Å². The predicted octanol–water partition coefficient (Wildman–Crippen LogP) is 4.13. The van der Waals surface area contributed by atoms with E-state index in [4.69, 9.17) is 10.5 Å². The summed E-state index contributed by atoms with van der Waals surface area (Å²) >= 11 is 0. The minimum absolute atomic E-state index is 0.0462. The summed E-state index contributed by atoms with van der Waals surface area (Å²) in [6, 6.07) is 7.65. The summed E-state index contributed by atoms with van der Waals surface area (Å²) in [6.45, 7) is 2.86. The third kappa shape index (κ3) is 4.31. The number of nitrogens with two attached hydrogens (primary N) is 1. The van der Waals surface area contributed by atoms with E-state index in [1.54, 1.807) is 0 Å². The molecule has 0 atom stereocenters. The Morgan fingerprint density at radius 2 is 1.87 bits per heavy atom. The first-order chi connectivity index (χ1) is 11.0. The summed E-state index contributed by atoms with van der Waals surface area (Å²) in [5.74, 6) is -3.21. The topological polar surface area (TPSA) is 47.3 Å². The van der Waals surface area contributed by atoms with Gasteiger partial charge in [-0.25, -0.2) is 13.2 Å². The molecule has 0 aliphatic carbocycles. The van der Waals surface area contributed by atoms with Gasteiger partial charge < -0.3 is 15.8 Å². The van der Waals surface area contributed by atoms with Crippen molar-refractivity contribution in [1.29, 1.82) is 0 Å². The second-order valence-corrected chi connectivity index (χ2v) is 5.06. The summed E-state index contributed by atoms with van der Waals surface area (Å²) in [5, 5.41) is 2.76. The molecule has 3 N–H and O–H groups in total. The SMILES string of the molecule is CCOc1ccc(CCCNc2ccc(F)c(F)c2F)cc1N. The van der Waals surface area contributed by atoms with Crippen LogP contribution in [-0.2, 0) is 6.42 Å². The highest BCUT2D eigenvalue weighted by Gasteiger charge is 2.12. The molecule has 0 aliphatic rings. The van der Waals surface area contributed by atoms with Gasteiger partial charge in [0, 0.05) is 6.54 Å². The molecule has 0 spiro atoms. The Balaban J connectivity index is 1.86. The second kappa shape index (κ2) is 7.76. The fourth-order valence-electron chi connectivity index (χ4n) is 2.22. The van der Waals surface area contributed by atoms with Crippen molar-refractivity contribution in [1.82, 2.24) is 0 Å².